The molecule has 4 rings (SSSR count). The van der Waals surface area contributed by atoms with Crippen molar-refractivity contribution in [3.63, 3.8) is 0 Å². The number of hydrogen-bond donors (Lipinski definition) is 0. The van der Waals surface area contributed by atoms with Crippen molar-refractivity contribution >= 4 is 0 Å². The van der Waals surface area contributed by atoms with Crippen LogP contribution in [0.5, 0.6) is 0 Å². The maximum absolute atomic E-state index is 12.5. The third kappa shape index (κ3) is 2.85. The predicted molar refractivity (Wildman–Crippen MR) is 89.3 cm³/mol. The monoisotopic (exact) mass is 346 g/mol. The van der Waals surface area contributed by atoms with Gasteiger partial charge < -0.3 is 9.15 Å². The summed E-state index contributed by atoms with van der Waals surface area (Å²) < 4.78 is 14.3. The Kier molecular flexibility index (Phi) is 3.88. The van der Waals surface area contributed by atoms with Gasteiger partial charge in [0.25, 0.3) is 0 Å². The van der Waals surface area contributed by atoms with Crippen LogP contribution in [0.15, 0.2) is 32.4 Å². The molecule has 4 heterocycles. The molecule has 2 aliphatic heterocycles. The van der Waals surface area contributed by atoms with Gasteiger partial charge in [-0.25, -0.2) is 4.68 Å². The van der Waals surface area contributed by atoms with Gasteiger partial charge in [-0.05, 0) is 32.4 Å². The van der Waals surface area contributed by atoms with E-state index in [0.29, 0.717) is 25.5 Å². The number of aromatic nitrogens is 3. The molecule has 2 aromatic rings. The smallest absolute Gasteiger partial charge is 0.332 e. The van der Waals surface area contributed by atoms with Gasteiger partial charge in [0.15, 0.2) is 5.82 Å². The second kappa shape index (κ2) is 5.96. The van der Waals surface area contributed by atoms with Gasteiger partial charge in [0, 0.05) is 13.1 Å². The molecule has 25 heavy (non-hydrogen) atoms. The first-order valence-electron chi connectivity index (χ1n) is 8.59. The van der Waals surface area contributed by atoms with Gasteiger partial charge in [0.05, 0.1) is 25.4 Å². The molecule has 0 bridgehead atoms. The van der Waals surface area contributed by atoms with Crippen LogP contribution < -0.4 is 11.1 Å². The summed E-state index contributed by atoms with van der Waals surface area (Å²) in [6, 6.07) is 3.67. The Bertz CT molecular complexity index is 883. The third-order valence-corrected chi connectivity index (χ3v) is 4.97. The summed E-state index contributed by atoms with van der Waals surface area (Å²) in [5, 5.41) is 4.32. The van der Waals surface area contributed by atoms with Crippen molar-refractivity contribution in [1.82, 2.24) is 19.2 Å². The van der Waals surface area contributed by atoms with Crippen LogP contribution in [-0.4, -0.2) is 37.9 Å². The molecule has 8 heteroatoms. The summed E-state index contributed by atoms with van der Waals surface area (Å²) in [7, 11) is 0. The van der Waals surface area contributed by atoms with Crippen molar-refractivity contribution in [2.75, 3.05) is 13.1 Å². The van der Waals surface area contributed by atoms with Crippen molar-refractivity contribution in [1.29, 1.82) is 0 Å². The van der Waals surface area contributed by atoms with Crippen LogP contribution in [0.1, 0.15) is 37.9 Å². The quantitative estimate of drug-likeness (QED) is 0.763. The average molecular weight is 346 g/mol. The fraction of sp³-hybridized carbons (Fsp3) is 0.588. The highest BCUT2D eigenvalue weighted by molar-refractivity contribution is 5.04. The largest absolute Gasteiger partial charge is 0.468 e. The molecule has 1 atom stereocenters. The summed E-state index contributed by atoms with van der Waals surface area (Å²) >= 11 is 0. The molecule has 1 spiro atoms. The first-order chi connectivity index (χ1) is 12.0. The highest BCUT2D eigenvalue weighted by atomic mass is 16.5. The van der Waals surface area contributed by atoms with Crippen molar-refractivity contribution in [2.24, 2.45) is 0 Å². The topological polar surface area (TPSA) is 82.5 Å². The van der Waals surface area contributed by atoms with E-state index >= 15 is 0 Å². The zero-order valence-electron chi connectivity index (χ0n) is 14.5. The first-order valence-corrected chi connectivity index (χ1v) is 8.59. The van der Waals surface area contributed by atoms with Crippen LogP contribution >= 0.6 is 0 Å². The molecular weight excluding hydrogens is 324 g/mol. The Morgan fingerprint density at radius 2 is 2.12 bits per heavy atom. The van der Waals surface area contributed by atoms with Crippen LogP contribution in [0.25, 0.3) is 0 Å². The number of nitrogens with zero attached hydrogens (tertiary/aromatic N) is 4. The summed E-state index contributed by atoms with van der Waals surface area (Å²) in [6.07, 6.45) is 2.48. The molecule has 1 fully saturated rings. The summed E-state index contributed by atoms with van der Waals surface area (Å²) in [5.41, 5.74) is -1.52. The number of likely N-dealkylation sites (tertiary alicyclic amines) is 1. The fourth-order valence-electron chi connectivity index (χ4n) is 3.66. The molecule has 0 radical (unpaired) electrons. The van der Waals surface area contributed by atoms with E-state index in [1.54, 1.807) is 6.26 Å². The van der Waals surface area contributed by atoms with Gasteiger partial charge >= 0.3 is 11.1 Å². The minimum atomic E-state index is -0.568. The maximum atomic E-state index is 12.5. The average Bonchev–Trinajstić information content (AvgIpc) is 3.22. The van der Waals surface area contributed by atoms with Gasteiger partial charge in [-0.3, -0.25) is 19.1 Å². The molecule has 1 unspecified atom stereocenters. The lowest BCUT2D eigenvalue weighted by Crippen LogP contribution is -2.53. The summed E-state index contributed by atoms with van der Waals surface area (Å²) in [6.45, 7) is 6.56. The summed E-state index contributed by atoms with van der Waals surface area (Å²) in [4.78, 5) is 27.0. The van der Waals surface area contributed by atoms with Gasteiger partial charge in [-0.1, -0.05) is 0 Å². The number of ether oxygens (including phenoxy) is 1. The Labute approximate surface area is 144 Å². The zero-order valence-corrected chi connectivity index (χ0v) is 14.5. The minimum Gasteiger partial charge on any atom is -0.468 e. The molecule has 134 valence electrons. The normalized spacial score (nSPS) is 23.5. The second-order valence-corrected chi connectivity index (χ2v) is 7.16. The molecule has 8 nitrogen and oxygen atoms in total. The van der Waals surface area contributed by atoms with E-state index < -0.39 is 16.7 Å². The molecule has 0 saturated carbocycles. The van der Waals surface area contributed by atoms with E-state index in [-0.39, 0.29) is 12.6 Å². The molecule has 0 aliphatic carbocycles. The fourth-order valence-corrected chi connectivity index (χ4v) is 3.66. The third-order valence-electron chi connectivity index (χ3n) is 4.97. The SMILES string of the molecule is CC(C)n1nc2n(c(=O)c1=O)CC1(CCN(Cc3ccco3)C1)OC2. The highest BCUT2D eigenvalue weighted by Crippen LogP contribution is 2.31. The minimum absolute atomic E-state index is 0.155. The van der Waals surface area contributed by atoms with E-state index in [0.717, 1.165) is 18.7 Å². The molecular formula is C17H22N4O4. The summed E-state index contributed by atoms with van der Waals surface area (Å²) in [5.74, 6) is 1.43. The Balaban J connectivity index is 1.58. The molecule has 0 amide bonds. The standard InChI is InChI=1S/C17H22N4O4/c1-12(2)21-16(23)15(22)20-11-17(25-9-14(20)18-21)5-6-19(10-17)8-13-4-3-7-24-13/h3-4,7,12H,5-6,8-11H2,1-2H3. The van der Waals surface area contributed by atoms with Gasteiger partial charge in [0.1, 0.15) is 18.0 Å². The van der Waals surface area contributed by atoms with Gasteiger partial charge in [-0.15, -0.1) is 0 Å². The van der Waals surface area contributed by atoms with E-state index in [1.165, 1.54) is 9.25 Å². The lowest BCUT2D eigenvalue weighted by atomic mass is 10.0. The van der Waals surface area contributed by atoms with Crippen molar-refractivity contribution in [2.45, 2.75) is 51.6 Å². The van der Waals surface area contributed by atoms with E-state index in [9.17, 15) is 9.59 Å². The van der Waals surface area contributed by atoms with Crippen molar-refractivity contribution < 1.29 is 9.15 Å². The van der Waals surface area contributed by atoms with Crippen LogP contribution in [0.2, 0.25) is 0 Å². The molecule has 0 N–H and O–H groups in total. The number of fused-ring (bicyclic) bond motifs is 1. The van der Waals surface area contributed by atoms with Crippen LogP contribution in [0.4, 0.5) is 0 Å². The van der Waals surface area contributed by atoms with E-state index in [4.69, 9.17) is 9.15 Å². The van der Waals surface area contributed by atoms with Crippen LogP contribution in [0, 0.1) is 0 Å². The maximum Gasteiger partial charge on any atom is 0.332 e. The number of rotatable bonds is 3. The Morgan fingerprint density at radius 3 is 2.84 bits per heavy atom. The van der Waals surface area contributed by atoms with Crippen molar-refractivity contribution in [3.8, 4) is 0 Å². The van der Waals surface area contributed by atoms with E-state index in [2.05, 4.69) is 10.00 Å². The predicted octanol–water partition coefficient (Wildman–Crippen LogP) is 0.754. The number of furan rings is 1. The lowest BCUT2D eigenvalue weighted by Gasteiger charge is -2.35. The Hall–Kier alpha value is -2.19. The first kappa shape index (κ1) is 16.3. The van der Waals surface area contributed by atoms with Crippen LogP contribution in [0.3, 0.4) is 0 Å². The molecule has 2 aromatic heterocycles. The number of hydrogen-bond acceptors (Lipinski definition) is 6. The molecule has 2 aliphatic rings. The van der Waals surface area contributed by atoms with Gasteiger partial charge in [0.2, 0.25) is 0 Å². The zero-order chi connectivity index (χ0) is 17.6. The van der Waals surface area contributed by atoms with Gasteiger partial charge in [-0.2, -0.15) is 5.10 Å². The molecule has 1 saturated heterocycles. The molecule has 0 aromatic carbocycles. The lowest BCUT2D eigenvalue weighted by molar-refractivity contribution is -0.0861. The van der Waals surface area contributed by atoms with E-state index in [1.807, 2.05) is 26.0 Å². The van der Waals surface area contributed by atoms with Crippen molar-refractivity contribution in [3.05, 3.63) is 50.7 Å². The Morgan fingerprint density at radius 1 is 1.28 bits per heavy atom. The van der Waals surface area contributed by atoms with Crippen LogP contribution in [-0.2, 0) is 24.4 Å². The highest BCUT2D eigenvalue weighted by Gasteiger charge is 2.43. The second-order valence-electron chi connectivity index (χ2n) is 7.16.